The number of nitrogens with zero attached hydrogens (tertiary/aromatic N) is 4. The number of hydrogen-bond donors (Lipinski definition) is 2. The average Bonchev–Trinajstić information content (AvgIpc) is 3.25. The number of pyridine rings is 2. The van der Waals surface area contributed by atoms with Crippen molar-refractivity contribution < 1.29 is 9.18 Å². The van der Waals surface area contributed by atoms with Gasteiger partial charge in [0.2, 0.25) is 0 Å². The zero-order chi connectivity index (χ0) is 21.9. The molecule has 4 aromatic rings. The summed E-state index contributed by atoms with van der Waals surface area (Å²) in [5.74, 6) is -1.05. The Morgan fingerprint density at radius 3 is 2.75 bits per heavy atom. The lowest BCUT2D eigenvalue weighted by molar-refractivity contribution is 0.102. The van der Waals surface area contributed by atoms with Crippen LogP contribution < -0.4 is 5.32 Å². The van der Waals surface area contributed by atoms with Crippen LogP contribution in [0.4, 0.5) is 10.1 Å². The van der Waals surface area contributed by atoms with E-state index in [4.69, 9.17) is 0 Å². The summed E-state index contributed by atoms with van der Waals surface area (Å²) in [6.45, 7) is 3.14. The zero-order valence-electron chi connectivity index (χ0n) is 17.5. The van der Waals surface area contributed by atoms with Crippen LogP contribution in [0.25, 0.3) is 22.0 Å². The fourth-order valence-corrected chi connectivity index (χ4v) is 4.13. The van der Waals surface area contributed by atoms with E-state index in [1.54, 1.807) is 0 Å². The van der Waals surface area contributed by atoms with Crippen molar-refractivity contribution >= 4 is 22.5 Å². The Bertz CT molecular complexity index is 1260. The van der Waals surface area contributed by atoms with Crippen LogP contribution in [0.2, 0.25) is 0 Å². The molecule has 4 heterocycles. The molecule has 1 saturated heterocycles. The van der Waals surface area contributed by atoms with Crippen molar-refractivity contribution in [2.75, 3.05) is 18.4 Å². The van der Waals surface area contributed by atoms with E-state index < -0.39 is 11.7 Å². The second-order valence-corrected chi connectivity index (χ2v) is 8.06. The number of H-pyrrole nitrogens is 1. The van der Waals surface area contributed by atoms with Gasteiger partial charge in [0.25, 0.3) is 5.91 Å². The third-order valence-electron chi connectivity index (χ3n) is 5.78. The van der Waals surface area contributed by atoms with Crippen LogP contribution in [0.5, 0.6) is 0 Å². The Balaban J connectivity index is 1.42. The Hall–Kier alpha value is -3.65. The number of nitrogens with one attached hydrogen (secondary N) is 2. The summed E-state index contributed by atoms with van der Waals surface area (Å²) in [5.41, 5.74) is 4.02. The maximum Gasteiger partial charge on any atom is 0.276 e. The first kappa shape index (κ1) is 20.3. The number of rotatable bonds is 5. The van der Waals surface area contributed by atoms with Crippen molar-refractivity contribution in [2.24, 2.45) is 0 Å². The van der Waals surface area contributed by atoms with Gasteiger partial charge >= 0.3 is 0 Å². The minimum atomic E-state index is -0.550. The molecular formula is C24H23FN6O. The second kappa shape index (κ2) is 8.84. The molecule has 1 aromatic carbocycles. The van der Waals surface area contributed by atoms with Crippen LogP contribution in [0.15, 0.2) is 55.1 Å². The number of carbonyl (C=O) groups is 1. The number of aromatic nitrogens is 4. The number of fused-ring (bicyclic) bond motifs is 1. The number of carbonyl (C=O) groups excluding carboxylic acids is 1. The fraction of sp³-hybridized carbons (Fsp3) is 0.250. The topological polar surface area (TPSA) is 86.8 Å². The third-order valence-corrected chi connectivity index (χ3v) is 5.78. The van der Waals surface area contributed by atoms with E-state index in [9.17, 15) is 9.18 Å². The van der Waals surface area contributed by atoms with Gasteiger partial charge in [0.15, 0.2) is 5.69 Å². The third kappa shape index (κ3) is 4.22. The number of hydrogen-bond acceptors (Lipinski definition) is 5. The summed E-state index contributed by atoms with van der Waals surface area (Å²) in [7, 11) is 0. The number of amides is 1. The monoisotopic (exact) mass is 430 g/mol. The van der Waals surface area contributed by atoms with E-state index in [0.717, 1.165) is 36.3 Å². The van der Waals surface area contributed by atoms with Gasteiger partial charge in [0, 0.05) is 36.1 Å². The van der Waals surface area contributed by atoms with Crippen LogP contribution in [-0.4, -0.2) is 44.1 Å². The van der Waals surface area contributed by atoms with Gasteiger partial charge in [0.1, 0.15) is 5.82 Å². The summed E-state index contributed by atoms with van der Waals surface area (Å²) >= 11 is 0. The first-order valence-corrected chi connectivity index (χ1v) is 10.7. The Morgan fingerprint density at radius 1 is 1.03 bits per heavy atom. The van der Waals surface area contributed by atoms with Crippen molar-refractivity contribution in [2.45, 2.75) is 25.8 Å². The standard InChI is InChI=1S/C24H23FN6O/c25-20-6-7-26-14-22(20)28-24(32)23-19-11-17(4-5-21(19)29-30-23)18-10-16(12-27-13-18)15-31-8-2-1-3-9-31/h4-7,10-14H,1-3,8-9,15H2,(H,28,32)(H,29,30). The van der Waals surface area contributed by atoms with Gasteiger partial charge in [-0.3, -0.25) is 24.8 Å². The molecule has 1 amide bonds. The van der Waals surface area contributed by atoms with Crippen molar-refractivity contribution in [3.63, 3.8) is 0 Å². The molecule has 5 rings (SSSR count). The molecule has 8 heteroatoms. The molecule has 1 fully saturated rings. The first-order valence-electron chi connectivity index (χ1n) is 10.7. The zero-order valence-corrected chi connectivity index (χ0v) is 17.5. The highest BCUT2D eigenvalue weighted by Gasteiger charge is 2.17. The molecule has 0 bridgehead atoms. The molecule has 1 aliphatic heterocycles. The highest BCUT2D eigenvalue weighted by molar-refractivity contribution is 6.11. The van der Waals surface area contributed by atoms with E-state index in [2.05, 4.69) is 36.4 Å². The van der Waals surface area contributed by atoms with E-state index in [0.29, 0.717) is 5.39 Å². The van der Waals surface area contributed by atoms with Gasteiger partial charge in [-0.05, 0) is 61.3 Å². The quantitative estimate of drug-likeness (QED) is 0.490. The number of piperidine rings is 1. The molecule has 0 saturated carbocycles. The van der Waals surface area contributed by atoms with Gasteiger partial charge in [-0.2, -0.15) is 5.10 Å². The molecule has 162 valence electrons. The molecule has 0 unspecified atom stereocenters. The van der Waals surface area contributed by atoms with Crippen LogP contribution in [0, 0.1) is 5.82 Å². The highest BCUT2D eigenvalue weighted by Crippen LogP contribution is 2.27. The number of benzene rings is 1. The van der Waals surface area contributed by atoms with Crippen LogP contribution in [-0.2, 0) is 6.54 Å². The molecule has 32 heavy (non-hydrogen) atoms. The minimum absolute atomic E-state index is 0.0134. The molecular weight excluding hydrogens is 407 g/mol. The Morgan fingerprint density at radius 2 is 1.91 bits per heavy atom. The molecule has 0 aliphatic carbocycles. The Labute approximate surface area is 184 Å². The van der Waals surface area contributed by atoms with Crippen molar-refractivity contribution in [1.29, 1.82) is 0 Å². The van der Waals surface area contributed by atoms with Crippen molar-refractivity contribution in [3.8, 4) is 11.1 Å². The van der Waals surface area contributed by atoms with Crippen molar-refractivity contribution in [3.05, 3.63) is 72.2 Å². The summed E-state index contributed by atoms with van der Waals surface area (Å²) < 4.78 is 13.9. The minimum Gasteiger partial charge on any atom is -0.317 e. The summed E-state index contributed by atoms with van der Waals surface area (Å²) in [6.07, 6.45) is 10.1. The molecule has 0 spiro atoms. The van der Waals surface area contributed by atoms with Gasteiger partial charge in [-0.15, -0.1) is 0 Å². The first-order chi connectivity index (χ1) is 15.7. The molecule has 7 nitrogen and oxygen atoms in total. The van der Waals surface area contributed by atoms with Crippen LogP contribution >= 0.6 is 0 Å². The van der Waals surface area contributed by atoms with Gasteiger partial charge in [-0.1, -0.05) is 12.5 Å². The van der Waals surface area contributed by atoms with Crippen LogP contribution in [0.3, 0.4) is 0 Å². The number of aromatic amines is 1. The predicted octanol–water partition coefficient (Wildman–Crippen LogP) is 4.40. The van der Waals surface area contributed by atoms with Crippen LogP contribution in [0.1, 0.15) is 35.3 Å². The smallest absolute Gasteiger partial charge is 0.276 e. The largest absolute Gasteiger partial charge is 0.317 e. The molecule has 3 aromatic heterocycles. The number of halogens is 1. The average molecular weight is 430 g/mol. The van der Waals surface area contributed by atoms with E-state index in [1.165, 1.54) is 43.3 Å². The lowest BCUT2D eigenvalue weighted by atomic mass is 10.0. The summed E-state index contributed by atoms with van der Waals surface area (Å²) in [4.78, 5) is 23.5. The normalized spacial score (nSPS) is 14.5. The summed E-state index contributed by atoms with van der Waals surface area (Å²) in [6, 6.07) is 9.12. The maximum absolute atomic E-state index is 13.9. The highest BCUT2D eigenvalue weighted by atomic mass is 19.1. The predicted molar refractivity (Wildman–Crippen MR) is 121 cm³/mol. The number of anilines is 1. The van der Waals surface area contributed by atoms with Gasteiger partial charge < -0.3 is 5.32 Å². The van der Waals surface area contributed by atoms with E-state index in [1.807, 2.05) is 30.6 Å². The fourth-order valence-electron chi connectivity index (χ4n) is 4.13. The molecule has 0 radical (unpaired) electrons. The molecule has 1 aliphatic rings. The van der Waals surface area contributed by atoms with E-state index in [-0.39, 0.29) is 11.4 Å². The summed E-state index contributed by atoms with van der Waals surface area (Å²) in [5, 5.41) is 10.2. The Kier molecular flexibility index (Phi) is 5.60. The molecule has 2 N–H and O–H groups in total. The SMILES string of the molecule is O=C(Nc1cnccc1F)c1n[nH]c2ccc(-c3cncc(CN4CCCCC4)c3)cc12. The lowest BCUT2D eigenvalue weighted by Crippen LogP contribution is -2.29. The van der Waals surface area contributed by atoms with Gasteiger partial charge in [-0.25, -0.2) is 4.39 Å². The number of likely N-dealkylation sites (tertiary alicyclic amines) is 1. The van der Waals surface area contributed by atoms with E-state index >= 15 is 0 Å². The second-order valence-electron chi connectivity index (χ2n) is 8.06. The molecule has 0 atom stereocenters. The maximum atomic E-state index is 13.9. The van der Waals surface area contributed by atoms with Crippen molar-refractivity contribution in [1.82, 2.24) is 25.1 Å². The lowest BCUT2D eigenvalue weighted by Gasteiger charge is -2.26. The van der Waals surface area contributed by atoms with Gasteiger partial charge in [0.05, 0.1) is 17.4 Å².